The van der Waals surface area contributed by atoms with Crippen molar-refractivity contribution in [3.8, 4) is 0 Å². The van der Waals surface area contributed by atoms with Crippen LogP contribution < -0.4 is 16.7 Å². The third-order valence-corrected chi connectivity index (χ3v) is 5.63. The molecule has 0 bridgehead atoms. The van der Waals surface area contributed by atoms with Gasteiger partial charge in [-0.1, -0.05) is 51.8 Å². The number of aryl methyl sites for hydroxylation is 1. The number of benzene rings is 2. The summed E-state index contributed by atoms with van der Waals surface area (Å²) in [5.41, 5.74) is 4.43. The number of imidazole rings is 1. The number of nitrogens with one attached hydrogen (secondary N) is 1. The second kappa shape index (κ2) is 8.52. The molecule has 2 heterocycles. The van der Waals surface area contributed by atoms with Gasteiger partial charge in [-0.3, -0.25) is 18.5 Å². The lowest BCUT2D eigenvalue weighted by molar-refractivity contribution is 0.702. The van der Waals surface area contributed by atoms with Gasteiger partial charge in [-0.05, 0) is 35.4 Å². The van der Waals surface area contributed by atoms with E-state index in [1.54, 1.807) is 30.0 Å². The highest BCUT2D eigenvalue weighted by Gasteiger charge is 2.19. The van der Waals surface area contributed by atoms with Crippen molar-refractivity contribution in [2.75, 3.05) is 5.43 Å². The fourth-order valence-electron chi connectivity index (χ4n) is 3.17. The van der Waals surface area contributed by atoms with Crippen molar-refractivity contribution < 1.29 is 0 Å². The topological polar surface area (TPSA) is 86.2 Å². The van der Waals surface area contributed by atoms with E-state index in [2.05, 4.69) is 31.4 Å². The first-order chi connectivity index (χ1) is 14.8. The fourth-order valence-corrected chi connectivity index (χ4v) is 3.56. The van der Waals surface area contributed by atoms with Gasteiger partial charge >= 0.3 is 5.69 Å². The molecule has 0 aliphatic rings. The van der Waals surface area contributed by atoms with Crippen LogP contribution in [0.25, 0.3) is 11.2 Å². The van der Waals surface area contributed by atoms with Gasteiger partial charge in [0.15, 0.2) is 11.2 Å². The molecule has 0 saturated carbocycles. The minimum atomic E-state index is -0.446. The summed E-state index contributed by atoms with van der Waals surface area (Å²) in [5, 5.41) is 4.89. The molecule has 2 aromatic heterocycles. The molecule has 0 atom stereocenters. The number of aromatic nitrogens is 4. The Labute approximate surface area is 190 Å². The van der Waals surface area contributed by atoms with E-state index in [0.29, 0.717) is 23.0 Å². The van der Waals surface area contributed by atoms with Crippen LogP contribution in [0.15, 0.2) is 67.7 Å². The monoisotopic (exact) mass is 500 g/mol. The van der Waals surface area contributed by atoms with Gasteiger partial charge in [0.05, 0.1) is 12.8 Å². The van der Waals surface area contributed by atoms with Gasteiger partial charge in [-0.2, -0.15) is 10.1 Å². The number of anilines is 1. The molecule has 2 aromatic carbocycles. The Bertz CT molecular complexity index is 1400. The van der Waals surface area contributed by atoms with E-state index in [1.165, 1.54) is 11.6 Å². The van der Waals surface area contributed by atoms with E-state index in [9.17, 15) is 9.59 Å². The number of nitrogens with zero attached hydrogens (tertiary/aromatic N) is 5. The lowest BCUT2D eigenvalue weighted by Gasteiger charge is -2.09. The third kappa shape index (κ3) is 4.19. The zero-order chi connectivity index (χ0) is 22.1. The molecule has 0 radical (unpaired) electrons. The van der Waals surface area contributed by atoms with Crippen LogP contribution in [-0.2, 0) is 20.6 Å². The Hall–Kier alpha value is -3.17. The lowest BCUT2D eigenvalue weighted by Crippen LogP contribution is -2.37. The van der Waals surface area contributed by atoms with Crippen LogP contribution >= 0.6 is 27.5 Å². The quantitative estimate of drug-likeness (QED) is 0.336. The highest BCUT2D eigenvalue weighted by Crippen LogP contribution is 2.19. The normalized spacial score (nSPS) is 11.5. The van der Waals surface area contributed by atoms with Crippen molar-refractivity contribution in [3.05, 3.63) is 90.0 Å². The summed E-state index contributed by atoms with van der Waals surface area (Å²) in [6.45, 7) is 0.344. The maximum atomic E-state index is 12.9. The van der Waals surface area contributed by atoms with E-state index >= 15 is 0 Å². The maximum Gasteiger partial charge on any atom is 0.332 e. The van der Waals surface area contributed by atoms with Crippen LogP contribution in [0, 0.1) is 0 Å². The summed E-state index contributed by atoms with van der Waals surface area (Å²) in [7, 11) is 3.03. The van der Waals surface area contributed by atoms with Gasteiger partial charge in [0.1, 0.15) is 0 Å². The molecule has 0 saturated heterocycles. The predicted octanol–water partition coefficient (Wildman–Crippen LogP) is 3.34. The second-order valence-corrected chi connectivity index (χ2v) is 8.30. The predicted molar refractivity (Wildman–Crippen MR) is 126 cm³/mol. The van der Waals surface area contributed by atoms with Gasteiger partial charge in [-0.15, -0.1) is 0 Å². The lowest BCUT2D eigenvalue weighted by atomic mass is 10.2. The molecule has 0 aliphatic carbocycles. The van der Waals surface area contributed by atoms with Crippen molar-refractivity contribution >= 4 is 50.9 Å². The number of fused-ring (bicyclic) bond motifs is 1. The molecule has 1 N–H and O–H groups in total. The minimum absolute atomic E-state index is 0.281. The largest absolute Gasteiger partial charge is 0.332 e. The highest BCUT2D eigenvalue weighted by atomic mass is 79.9. The molecule has 10 heteroatoms. The molecule has 0 aliphatic heterocycles. The average molecular weight is 502 g/mol. The summed E-state index contributed by atoms with van der Waals surface area (Å²) < 4.78 is 5.09. The van der Waals surface area contributed by atoms with E-state index < -0.39 is 11.2 Å². The van der Waals surface area contributed by atoms with Crippen LogP contribution in [0.5, 0.6) is 0 Å². The second-order valence-electron chi connectivity index (χ2n) is 6.95. The maximum absolute atomic E-state index is 12.9. The van der Waals surface area contributed by atoms with Gasteiger partial charge in [0.25, 0.3) is 5.56 Å². The van der Waals surface area contributed by atoms with Crippen LogP contribution in [0.4, 0.5) is 5.95 Å². The summed E-state index contributed by atoms with van der Waals surface area (Å²) in [4.78, 5) is 29.7. The van der Waals surface area contributed by atoms with E-state index in [1.807, 2.05) is 36.4 Å². The van der Waals surface area contributed by atoms with E-state index in [4.69, 9.17) is 11.6 Å². The zero-order valence-electron chi connectivity index (χ0n) is 16.7. The smallest absolute Gasteiger partial charge is 0.298 e. The van der Waals surface area contributed by atoms with E-state index in [-0.39, 0.29) is 5.65 Å². The molecule has 4 rings (SSSR count). The number of halogens is 2. The average Bonchev–Trinajstić information content (AvgIpc) is 3.12. The first-order valence-corrected chi connectivity index (χ1v) is 10.5. The summed E-state index contributed by atoms with van der Waals surface area (Å²) in [6, 6.07) is 14.9. The SMILES string of the molecule is Cn1c(=O)c2c(nc(N/N=C\c3ccc(Br)cc3)n2Cc2ccc(Cl)cc2)n(C)c1=O. The standard InChI is InChI=1S/C21H18BrClN6O2/c1-27-18-17(19(30)28(2)21(27)31)29(12-14-5-9-16(23)10-6-14)20(25-18)26-24-11-13-3-7-15(22)8-4-13/h3-11H,12H2,1-2H3,(H,25,26)/b24-11-. The van der Waals surface area contributed by atoms with Crippen molar-refractivity contribution in [2.24, 2.45) is 19.2 Å². The van der Waals surface area contributed by atoms with Crippen molar-refractivity contribution in [1.29, 1.82) is 0 Å². The fraction of sp³-hybridized carbons (Fsp3) is 0.143. The molecule has 31 heavy (non-hydrogen) atoms. The van der Waals surface area contributed by atoms with Crippen molar-refractivity contribution in [3.63, 3.8) is 0 Å². The molecule has 0 spiro atoms. The number of rotatable bonds is 5. The molecule has 0 fully saturated rings. The Morgan fingerprint density at radius 1 is 1.06 bits per heavy atom. The first-order valence-electron chi connectivity index (χ1n) is 9.30. The number of hydrazone groups is 1. The Morgan fingerprint density at radius 3 is 2.42 bits per heavy atom. The van der Waals surface area contributed by atoms with Crippen molar-refractivity contribution in [1.82, 2.24) is 18.7 Å². The summed E-state index contributed by atoms with van der Waals surface area (Å²) >= 11 is 9.39. The van der Waals surface area contributed by atoms with Gasteiger partial charge in [0.2, 0.25) is 5.95 Å². The summed E-state index contributed by atoms with van der Waals surface area (Å²) in [6.07, 6.45) is 1.65. The molecular formula is C21H18BrClN6O2. The third-order valence-electron chi connectivity index (χ3n) is 4.85. The van der Waals surface area contributed by atoms with Crippen LogP contribution in [-0.4, -0.2) is 24.9 Å². The molecule has 4 aromatic rings. The Balaban J connectivity index is 1.80. The number of hydrogen-bond acceptors (Lipinski definition) is 5. The van der Waals surface area contributed by atoms with Crippen LogP contribution in [0.2, 0.25) is 5.02 Å². The highest BCUT2D eigenvalue weighted by molar-refractivity contribution is 9.10. The Morgan fingerprint density at radius 2 is 1.74 bits per heavy atom. The molecule has 8 nitrogen and oxygen atoms in total. The van der Waals surface area contributed by atoms with Crippen molar-refractivity contribution in [2.45, 2.75) is 6.54 Å². The van der Waals surface area contributed by atoms with Crippen LogP contribution in [0.3, 0.4) is 0 Å². The molecule has 0 unspecified atom stereocenters. The Kier molecular flexibility index (Phi) is 5.79. The molecule has 158 valence electrons. The number of hydrogen-bond donors (Lipinski definition) is 1. The zero-order valence-corrected chi connectivity index (χ0v) is 19.1. The van der Waals surface area contributed by atoms with Gasteiger partial charge in [0, 0.05) is 23.6 Å². The first kappa shape index (κ1) is 21.1. The molecule has 0 amide bonds. The van der Waals surface area contributed by atoms with Gasteiger partial charge in [-0.25, -0.2) is 10.2 Å². The molecular weight excluding hydrogens is 484 g/mol. The van der Waals surface area contributed by atoms with E-state index in [0.717, 1.165) is 20.2 Å². The summed E-state index contributed by atoms with van der Waals surface area (Å²) in [5.74, 6) is 0.344. The van der Waals surface area contributed by atoms with Gasteiger partial charge < -0.3 is 0 Å². The van der Waals surface area contributed by atoms with Crippen LogP contribution in [0.1, 0.15) is 11.1 Å². The minimum Gasteiger partial charge on any atom is -0.298 e.